The number of hydrogen-bond donors (Lipinski definition) is 1. The van der Waals surface area contributed by atoms with Crippen LogP contribution >= 0.6 is 0 Å². The highest BCUT2D eigenvalue weighted by Crippen LogP contribution is 2.27. The standard InChI is InChI=1S/C21H25NO3/c23-20(25-17-19-9-5-2-6-10-19)22-15-13-21(24,14-16-22)12-11-18-7-3-1-4-8-18/h1-10,24H,11-17H2. The molecule has 1 saturated heterocycles. The molecule has 4 nitrogen and oxygen atoms in total. The number of nitrogens with zero attached hydrogens (tertiary/aromatic N) is 1. The lowest BCUT2D eigenvalue weighted by atomic mass is 9.86. The molecule has 0 saturated carbocycles. The lowest BCUT2D eigenvalue weighted by Gasteiger charge is -2.37. The molecule has 0 unspecified atom stereocenters. The van der Waals surface area contributed by atoms with Gasteiger partial charge in [-0.15, -0.1) is 0 Å². The number of carbonyl (C=O) groups excluding carboxylic acids is 1. The molecular weight excluding hydrogens is 314 g/mol. The second-order valence-electron chi connectivity index (χ2n) is 6.74. The van der Waals surface area contributed by atoms with Crippen LogP contribution in [0.4, 0.5) is 4.79 Å². The summed E-state index contributed by atoms with van der Waals surface area (Å²) >= 11 is 0. The molecule has 1 N–H and O–H groups in total. The molecule has 2 aromatic rings. The Hall–Kier alpha value is -2.33. The zero-order chi connectivity index (χ0) is 17.5. The van der Waals surface area contributed by atoms with Crippen molar-refractivity contribution >= 4 is 6.09 Å². The van der Waals surface area contributed by atoms with Crippen molar-refractivity contribution in [3.63, 3.8) is 0 Å². The van der Waals surface area contributed by atoms with Crippen LogP contribution in [0.1, 0.15) is 30.4 Å². The maximum atomic E-state index is 12.2. The lowest BCUT2D eigenvalue weighted by Crippen LogP contribution is -2.47. The van der Waals surface area contributed by atoms with Gasteiger partial charge in [0.2, 0.25) is 0 Å². The molecule has 0 radical (unpaired) electrons. The van der Waals surface area contributed by atoms with Crippen molar-refractivity contribution in [2.75, 3.05) is 13.1 Å². The fourth-order valence-electron chi connectivity index (χ4n) is 3.19. The Labute approximate surface area is 149 Å². The summed E-state index contributed by atoms with van der Waals surface area (Å²) in [5.41, 5.74) is 1.53. The summed E-state index contributed by atoms with van der Waals surface area (Å²) in [6, 6.07) is 19.9. The van der Waals surface area contributed by atoms with Gasteiger partial charge >= 0.3 is 6.09 Å². The molecule has 0 spiro atoms. The number of aryl methyl sites for hydroxylation is 1. The molecule has 1 fully saturated rings. The van der Waals surface area contributed by atoms with Gasteiger partial charge < -0.3 is 14.7 Å². The number of aliphatic hydroxyl groups is 1. The van der Waals surface area contributed by atoms with Crippen LogP contribution in [0, 0.1) is 0 Å². The Morgan fingerprint density at radius 2 is 1.52 bits per heavy atom. The van der Waals surface area contributed by atoms with Gasteiger partial charge in [-0.3, -0.25) is 0 Å². The van der Waals surface area contributed by atoms with E-state index in [4.69, 9.17) is 4.74 Å². The minimum absolute atomic E-state index is 0.286. The van der Waals surface area contributed by atoms with Crippen molar-refractivity contribution in [2.45, 2.75) is 37.9 Å². The summed E-state index contributed by atoms with van der Waals surface area (Å²) < 4.78 is 5.37. The predicted molar refractivity (Wildman–Crippen MR) is 97.1 cm³/mol. The Morgan fingerprint density at radius 3 is 2.12 bits per heavy atom. The molecule has 2 aromatic carbocycles. The highest BCUT2D eigenvalue weighted by Gasteiger charge is 2.34. The summed E-state index contributed by atoms with van der Waals surface area (Å²) in [7, 11) is 0. The molecule has 1 aliphatic rings. The maximum absolute atomic E-state index is 12.2. The van der Waals surface area contributed by atoms with Gasteiger partial charge in [-0.25, -0.2) is 4.79 Å². The van der Waals surface area contributed by atoms with Crippen LogP contribution in [0.2, 0.25) is 0 Å². The van der Waals surface area contributed by atoms with Crippen LogP contribution in [-0.2, 0) is 17.8 Å². The van der Waals surface area contributed by atoms with Gasteiger partial charge in [-0.1, -0.05) is 60.7 Å². The minimum atomic E-state index is -0.688. The predicted octanol–water partition coefficient (Wildman–Crippen LogP) is 3.78. The number of rotatable bonds is 5. The molecule has 1 amide bonds. The van der Waals surface area contributed by atoms with Crippen molar-refractivity contribution in [3.8, 4) is 0 Å². The number of piperidine rings is 1. The second-order valence-corrected chi connectivity index (χ2v) is 6.74. The first-order valence-corrected chi connectivity index (χ1v) is 8.87. The molecule has 0 bridgehead atoms. The largest absolute Gasteiger partial charge is 0.445 e. The molecule has 3 rings (SSSR count). The number of amides is 1. The van der Waals surface area contributed by atoms with E-state index in [0.29, 0.717) is 25.9 Å². The van der Waals surface area contributed by atoms with Gasteiger partial charge in [0.1, 0.15) is 6.61 Å². The summed E-state index contributed by atoms with van der Waals surface area (Å²) in [4.78, 5) is 13.9. The van der Waals surface area contributed by atoms with Crippen LogP contribution < -0.4 is 0 Å². The van der Waals surface area contributed by atoms with Gasteiger partial charge in [-0.05, 0) is 36.8 Å². The van der Waals surface area contributed by atoms with E-state index in [0.717, 1.165) is 18.4 Å². The Morgan fingerprint density at radius 1 is 0.960 bits per heavy atom. The molecular formula is C21H25NO3. The average Bonchev–Trinajstić information content (AvgIpc) is 2.67. The molecule has 25 heavy (non-hydrogen) atoms. The van der Waals surface area contributed by atoms with Crippen molar-refractivity contribution in [1.29, 1.82) is 0 Å². The van der Waals surface area contributed by atoms with Crippen LogP contribution in [0.5, 0.6) is 0 Å². The van der Waals surface area contributed by atoms with Crippen molar-refractivity contribution in [1.82, 2.24) is 4.90 Å². The van der Waals surface area contributed by atoms with E-state index in [-0.39, 0.29) is 12.7 Å². The summed E-state index contributed by atoms with van der Waals surface area (Å²) in [5.74, 6) is 0. The zero-order valence-electron chi connectivity index (χ0n) is 14.4. The van der Waals surface area contributed by atoms with E-state index in [9.17, 15) is 9.90 Å². The normalized spacial score (nSPS) is 16.4. The fraction of sp³-hybridized carbons (Fsp3) is 0.381. The topological polar surface area (TPSA) is 49.8 Å². The smallest absolute Gasteiger partial charge is 0.410 e. The van der Waals surface area contributed by atoms with Gasteiger partial charge in [0.25, 0.3) is 0 Å². The molecule has 0 aliphatic carbocycles. The van der Waals surface area contributed by atoms with Crippen LogP contribution in [0.3, 0.4) is 0 Å². The Balaban J connectivity index is 1.43. The van der Waals surface area contributed by atoms with E-state index in [1.165, 1.54) is 5.56 Å². The van der Waals surface area contributed by atoms with E-state index in [1.807, 2.05) is 48.5 Å². The fourth-order valence-corrected chi connectivity index (χ4v) is 3.19. The monoisotopic (exact) mass is 339 g/mol. The molecule has 0 aromatic heterocycles. The highest BCUT2D eigenvalue weighted by molar-refractivity contribution is 5.67. The van der Waals surface area contributed by atoms with Gasteiger partial charge in [0, 0.05) is 13.1 Å². The van der Waals surface area contributed by atoms with E-state index in [1.54, 1.807) is 4.90 Å². The summed E-state index contributed by atoms with van der Waals surface area (Å²) in [5, 5.41) is 10.8. The minimum Gasteiger partial charge on any atom is -0.445 e. The Bertz CT molecular complexity index is 664. The Kier molecular flexibility index (Phi) is 5.71. The SMILES string of the molecule is O=C(OCc1ccccc1)N1CCC(O)(CCc2ccccc2)CC1. The van der Waals surface area contributed by atoms with E-state index < -0.39 is 5.60 Å². The average molecular weight is 339 g/mol. The van der Waals surface area contributed by atoms with Gasteiger partial charge in [0.05, 0.1) is 5.60 Å². The highest BCUT2D eigenvalue weighted by atomic mass is 16.6. The van der Waals surface area contributed by atoms with Crippen LogP contribution in [-0.4, -0.2) is 34.8 Å². The van der Waals surface area contributed by atoms with Crippen LogP contribution in [0.25, 0.3) is 0 Å². The summed E-state index contributed by atoms with van der Waals surface area (Å²) in [6.07, 6.45) is 2.48. The van der Waals surface area contributed by atoms with Crippen LogP contribution in [0.15, 0.2) is 60.7 Å². The van der Waals surface area contributed by atoms with Gasteiger partial charge in [-0.2, -0.15) is 0 Å². The first-order valence-electron chi connectivity index (χ1n) is 8.87. The van der Waals surface area contributed by atoms with Crippen molar-refractivity contribution in [2.24, 2.45) is 0 Å². The third kappa shape index (κ3) is 5.07. The molecule has 1 heterocycles. The molecule has 0 atom stereocenters. The number of likely N-dealkylation sites (tertiary alicyclic amines) is 1. The first-order chi connectivity index (χ1) is 12.1. The summed E-state index contributed by atoms with van der Waals surface area (Å²) in [6.45, 7) is 1.37. The third-order valence-electron chi connectivity index (χ3n) is 4.88. The molecule has 1 aliphatic heterocycles. The third-order valence-corrected chi connectivity index (χ3v) is 4.88. The number of ether oxygens (including phenoxy) is 1. The lowest BCUT2D eigenvalue weighted by molar-refractivity contribution is -0.0268. The second kappa shape index (κ2) is 8.17. The van der Waals surface area contributed by atoms with Crippen molar-refractivity contribution < 1.29 is 14.6 Å². The number of benzene rings is 2. The van der Waals surface area contributed by atoms with Crippen molar-refractivity contribution in [3.05, 3.63) is 71.8 Å². The number of carbonyl (C=O) groups is 1. The van der Waals surface area contributed by atoms with E-state index >= 15 is 0 Å². The van der Waals surface area contributed by atoms with E-state index in [2.05, 4.69) is 12.1 Å². The number of hydrogen-bond acceptors (Lipinski definition) is 3. The first kappa shape index (κ1) is 17.5. The van der Waals surface area contributed by atoms with Gasteiger partial charge in [0.15, 0.2) is 0 Å². The quantitative estimate of drug-likeness (QED) is 0.902. The molecule has 132 valence electrons. The zero-order valence-corrected chi connectivity index (χ0v) is 14.4. The maximum Gasteiger partial charge on any atom is 0.410 e. The molecule has 4 heteroatoms.